The number of hydrogen-bond donors (Lipinski definition) is 1. The first-order valence-corrected chi connectivity index (χ1v) is 7.74. The van der Waals surface area contributed by atoms with E-state index in [-0.39, 0.29) is 0 Å². The summed E-state index contributed by atoms with van der Waals surface area (Å²) in [7, 11) is 0. The van der Waals surface area contributed by atoms with Crippen molar-refractivity contribution in [1.82, 2.24) is 5.48 Å². The summed E-state index contributed by atoms with van der Waals surface area (Å²) in [6.07, 6.45) is 8.48. The highest BCUT2D eigenvalue weighted by atomic mass is 16.6. The zero-order valence-corrected chi connectivity index (χ0v) is 11.5. The number of nitrogens with one attached hydrogen (secondary N) is 1. The molecular weight excluding hydrogens is 234 g/mol. The quantitative estimate of drug-likeness (QED) is 0.831. The van der Waals surface area contributed by atoms with Crippen LogP contribution >= 0.6 is 0 Å². The van der Waals surface area contributed by atoms with Gasteiger partial charge in [0, 0.05) is 5.54 Å². The van der Waals surface area contributed by atoms with Crippen molar-refractivity contribution in [1.29, 1.82) is 0 Å². The van der Waals surface area contributed by atoms with Crippen molar-refractivity contribution in [2.75, 3.05) is 0 Å². The fraction of sp³-hybridized carbons (Fsp3) is 0.647. The zero-order valence-electron chi connectivity index (χ0n) is 11.5. The SMILES string of the molecule is c1ccc(CONC23CC4CC(CC(C4)C2)C3)cc1. The predicted octanol–water partition coefficient (Wildman–Crippen LogP) is 3.68. The topological polar surface area (TPSA) is 21.3 Å². The van der Waals surface area contributed by atoms with Crippen LogP contribution in [0, 0.1) is 17.8 Å². The molecule has 0 heterocycles. The van der Waals surface area contributed by atoms with Gasteiger partial charge in [-0.1, -0.05) is 30.3 Å². The molecule has 4 bridgehead atoms. The van der Waals surface area contributed by atoms with Crippen LogP contribution in [-0.2, 0) is 11.4 Å². The van der Waals surface area contributed by atoms with Crippen LogP contribution in [0.4, 0.5) is 0 Å². The second-order valence-electron chi connectivity index (χ2n) is 7.07. The standard InChI is InChI=1S/C17H23NO/c1-2-4-13(5-3-1)12-19-18-17-9-14-6-15(10-17)8-16(7-14)11-17/h1-5,14-16,18H,6-12H2. The fourth-order valence-electron chi connectivity index (χ4n) is 5.08. The van der Waals surface area contributed by atoms with Gasteiger partial charge in [0.1, 0.15) is 0 Å². The molecule has 4 saturated carbocycles. The zero-order chi connectivity index (χ0) is 12.7. The minimum Gasteiger partial charge on any atom is -0.296 e. The smallest absolute Gasteiger partial charge is 0.0933 e. The molecule has 19 heavy (non-hydrogen) atoms. The summed E-state index contributed by atoms with van der Waals surface area (Å²) in [4.78, 5) is 5.85. The Morgan fingerprint density at radius 1 is 0.947 bits per heavy atom. The van der Waals surface area contributed by atoms with Gasteiger partial charge in [0.25, 0.3) is 0 Å². The van der Waals surface area contributed by atoms with Crippen LogP contribution < -0.4 is 5.48 Å². The molecule has 2 nitrogen and oxygen atoms in total. The minimum atomic E-state index is 0.309. The highest BCUT2D eigenvalue weighted by molar-refractivity contribution is 5.13. The van der Waals surface area contributed by atoms with Crippen molar-refractivity contribution in [3.63, 3.8) is 0 Å². The molecule has 0 radical (unpaired) electrons. The van der Waals surface area contributed by atoms with Gasteiger partial charge in [-0.25, -0.2) is 0 Å². The molecule has 5 rings (SSSR count). The fourth-order valence-corrected chi connectivity index (χ4v) is 5.08. The van der Waals surface area contributed by atoms with Crippen LogP contribution in [0.15, 0.2) is 30.3 Å². The third-order valence-corrected chi connectivity index (χ3v) is 5.41. The average molecular weight is 257 g/mol. The van der Waals surface area contributed by atoms with Gasteiger partial charge in [0.2, 0.25) is 0 Å². The summed E-state index contributed by atoms with van der Waals surface area (Å²) in [6, 6.07) is 10.4. The van der Waals surface area contributed by atoms with E-state index >= 15 is 0 Å². The molecule has 102 valence electrons. The average Bonchev–Trinajstić information content (AvgIpc) is 2.38. The van der Waals surface area contributed by atoms with Crippen molar-refractivity contribution < 1.29 is 4.84 Å². The normalized spacial score (nSPS) is 39.7. The number of hydrogen-bond acceptors (Lipinski definition) is 2. The molecule has 4 aliphatic carbocycles. The number of benzene rings is 1. The third-order valence-electron chi connectivity index (χ3n) is 5.41. The van der Waals surface area contributed by atoms with Gasteiger partial charge >= 0.3 is 0 Å². The molecule has 0 aromatic heterocycles. The van der Waals surface area contributed by atoms with Crippen molar-refractivity contribution in [3.8, 4) is 0 Å². The second-order valence-corrected chi connectivity index (χ2v) is 7.07. The molecule has 1 aromatic rings. The van der Waals surface area contributed by atoms with Crippen LogP contribution in [0.1, 0.15) is 44.1 Å². The molecule has 0 atom stereocenters. The molecule has 0 aliphatic heterocycles. The lowest BCUT2D eigenvalue weighted by molar-refractivity contribution is -0.115. The van der Waals surface area contributed by atoms with E-state index < -0.39 is 0 Å². The maximum absolute atomic E-state index is 5.85. The first kappa shape index (κ1) is 11.9. The van der Waals surface area contributed by atoms with Crippen molar-refractivity contribution in [2.24, 2.45) is 17.8 Å². The lowest BCUT2D eigenvalue weighted by Crippen LogP contribution is -2.58. The van der Waals surface area contributed by atoms with E-state index in [0.717, 1.165) is 17.8 Å². The summed E-state index contributed by atoms with van der Waals surface area (Å²) in [5, 5.41) is 0. The Balaban J connectivity index is 1.38. The molecular formula is C17H23NO. The van der Waals surface area contributed by atoms with Gasteiger partial charge in [-0.05, 0) is 61.8 Å². The minimum absolute atomic E-state index is 0.309. The van der Waals surface area contributed by atoms with Gasteiger partial charge in [0.15, 0.2) is 0 Å². The van der Waals surface area contributed by atoms with Crippen molar-refractivity contribution in [3.05, 3.63) is 35.9 Å². The summed E-state index contributed by atoms with van der Waals surface area (Å²) >= 11 is 0. The Kier molecular flexibility index (Phi) is 2.89. The van der Waals surface area contributed by atoms with Gasteiger partial charge < -0.3 is 0 Å². The monoisotopic (exact) mass is 257 g/mol. The summed E-state index contributed by atoms with van der Waals surface area (Å²) in [5.74, 6) is 2.91. The van der Waals surface area contributed by atoms with Gasteiger partial charge in [-0.15, -0.1) is 0 Å². The first-order chi connectivity index (χ1) is 9.31. The van der Waals surface area contributed by atoms with Gasteiger partial charge in [-0.2, -0.15) is 5.48 Å². The van der Waals surface area contributed by atoms with E-state index in [2.05, 4.69) is 35.8 Å². The van der Waals surface area contributed by atoms with E-state index in [4.69, 9.17) is 4.84 Å². The van der Waals surface area contributed by atoms with Crippen LogP contribution in [0.3, 0.4) is 0 Å². The van der Waals surface area contributed by atoms with Gasteiger partial charge in [0.05, 0.1) is 6.61 Å². The Hall–Kier alpha value is -0.860. The van der Waals surface area contributed by atoms with E-state index in [1.807, 2.05) is 0 Å². The Morgan fingerprint density at radius 2 is 1.53 bits per heavy atom. The molecule has 0 amide bonds. The Morgan fingerprint density at radius 3 is 2.11 bits per heavy atom. The Labute approximate surface area is 115 Å². The van der Waals surface area contributed by atoms with E-state index in [0.29, 0.717) is 12.1 Å². The highest BCUT2D eigenvalue weighted by Gasteiger charge is 2.51. The molecule has 0 saturated heterocycles. The van der Waals surface area contributed by atoms with Gasteiger partial charge in [-0.3, -0.25) is 4.84 Å². The van der Waals surface area contributed by atoms with Crippen LogP contribution in [0.25, 0.3) is 0 Å². The van der Waals surface area contributed by atoms with E-state index in [1.54, 1.807) is 0 Å². The highest BCUT2D eigenvalue weighted by Crippen LogP contribution is 2.55. The summed E-state index contributed by atoms with van der Waals surface area (Å²) in [5.41, 5.74) is 5.03. The molecule has 1 N–H and O–H groups in total. The lowest BCUT2D eigenvalue weighted by atomic mass is 9.53. The summed E-state index contributed by atoms with van der Waals surface area (Å²) in [6.45, 7) is 0.683. The van der Waals surface area contributed by atoms with Crippen LogP contribution in [-0.4, -0.2) is 5.54 Å². The molecule has 1 aromatic carbocycles. The van der Waals surface area contributed by atoms with E-state index in [1.165, 1.54) is 44.1 Å². The Bertz CT molecular complexity index is 407. The molecule has 0 spiro atoms. The first-order valence-electron chi connectivity index (χ1n) is 7.74. The van der Waals surface area contributed by atoms with E-state index in [9.17, 15) is 0 Å². The van der Waals surface area contributed by atoms with Crippen LogP contribution in [0.2, 0.25) is 0 Å². The predicted molar refractivity (Wildman–Crippen MR) is 75.3 cm³/mol. The molecule has 4 aliphatic rings. The molecule has 2 heteroatoms. The lowest BCUT2D eigenvalue weighted by Gasteiger charge is -2.56. The molecule has 4 fully saturated rings. The maximum atomic E-state index is 5.85. The number of rotatable bonds is 4. The largest absolute Gasteiger partial charge is 0.296 e. The second kappa shape index (κ2) is 4.60. The maximum Gasteiger partial charge on any atom is 0.0933 e. The van der Waals surface area contributed by atoms with Crippen molar-refractivity contribution >= 4 is 0 Å². The van der Waals surface area contributed by atoms with Crippen molar-refractivity contribution in [2.45, 2.75) is 50.7 Å². The number of hydroxylamine groups is 1. The molecule has 0 unspecified atom stereocenters. The third kappa shape index (κ3) is 2.32. The van der Waals surface area contributed by atoms with Crippen LogP contribution in [0.5, 0.6) is 0 Å². The summed E-state index contributed by atoms with van der Waals surface area (Å²) < 4.78 is 0.